The second kappa shape index (κ2) is 5.89. The van der Waals surface area contributed by atoms with Crippen molar-refractivity contribution in [2.24, 2.45) is 0 Å². The van der Waals surface area contributed by atoms with Crippen LogP contribution in [0.15, 0.2) is 23.1 Å². The molecule has 1 fully saturated rings. The Bertz CT molecular complexity index is 591. The van der Waals surface area contributed by atoms with Crippen molar-refractivity contribution in [2.45, 2.75) is 36.7 Å². The topological polar surface area (TPSA) is 75.4 Å². The van der Waals surface area contributed by atoms with Gasteiger partial charge >= 0.3 is 0 Å². The fraction of sp³-hybridized carbons (Fsp3) is 0.538. The zero-order valence-electron chi connectivity index (χ0n) is 11.6. The van der Waals surface area contributed by atoms with Gasteiger partial charge < -0.3 is 10.6 Å². The van der Waals surface area contributed by atoms with Crippen LogP contribution in [0.4, 0.5) is 5.69 Å². The van der Waals surface area contributed by atoms with Crippen molar-refractivity contribution in [1.29, 1.82) is 0 Å². The molecule has 5 nitrogen and oxygen atoms in total. The first-order valence-corrected chi connectivity index (χ1v) is 8.43. The number of nitrogens with zero attached hydrogens (tertiary/aromatic N) is 1. The van der Waals surface area contributed by atoms with Gasteiger partial charge in [0.15, 0.2) is 0 Å². The van der Waals surface area contributed by atoms with E-state index >= 15 is 0 Å². The van der Waals surface area contributed by atoms with E-state index in [0.717, 1.165) is 19.4 Å². The summed E-state index contributed by atoms with van der Waals surface area (Å²) in [4.78, 5) is 2.39. The molecule has 2 rings (SSSR count). The van der Waals surface area contributed by atoms with Crippen LogP contribution >= 0.6 is 11.6 Å². The van der Waals surface area contributed by atoms with E-state index in [9.17, 15) is 8.42 Å². The molecule has 1 aromatic carbocycles. The number of sulfonamides is 1. The number of anilines is 1. The molecule has 1 aliphatic heterocycles. The highest BCUT2D eigenvalue weighted by Gasteiger charge is 2.27. The molecule has 0 amide bonds. The van der Waals surface area contributed by atoms with Gasteiger partial charge in [-0.2, -0.15) is 0 Å². The third kappa shape index (κ3) is 3.44. The van der Waals surface area contributed by atoms with Crippen LogP contribution in [0.2, 0.25) is 5.02 Å². The van der Waals surface area contributed by atoms with Gasteiger partial charge in [0.2, 0.25) is 10.0 Å². The molecule has 7 heteroatoms. The lowest BCUT2D eigenvalue weighted by Crippen LogP contribution is -2.47. The first-order valence-electron chi connectivity index (χ1n) is 6.57. The minimum absolute atomic E-state index is 0.0388. The largest absolute Gasteiger partial charge is 0.397 e. The number of benzene rings is 1. The maximum atomic E-state index is 12.3. The van der Waals surface area contributed by atoms with Crippen molar-refractivity contribution in [1.82, 2.24) is 9.62 Å². The maximum absolute atomic E-state index is 12.3. The van der Waals surface area contributed by atoms with E-state index in [-0.39, 0.29) is 16.6 Å². The molecular weight excluding hydrogens is 298 g/mol. The van der Waals surface area contributed by atoms with E-state index in [1.165, 1.54) is 18.2 Å². The number of nitrogens with two attached hydrogens (primary N) is 1. The highest BCUT2D eigenvalue weighted by molar-refractivity contribution is 7.89. The van der Waals surface area contributed by atoms with Crippen molar-refractivity contribution in [3.63, 3.8) is 0 Å². The maximum Gasteiger partial charge on any atom is 0.240 e. The molecule has 20 heavy (non-hydrogen) atoms. The molecule has 1 heterocycles. The Balaban J connectivity index is 2.13. The summed E-state index contributed by atoms with van der Waals surface area (Å²) in [6, 6.07) is 4.69. The number of halogens is 1. The summed E-state index contributed by atoms with van der Waals surface area (Å²) in [7, 11) is -1.50. The molecule has 0 spiro atoms. The first-order chi connectivity index (χ1) is 9.29. The smallest absolute Gasteiger partial charge is 0.240 e. The van der Waals surface area contributed by atoms with Crippen LogP contribution in [0.25, 0.3) is 0 Å². The number of piperidine rings is 1. The van der Waals surface area contributed by atoms with E-state index < -0.39 is 10.0 Å². The third-order valence-corrected chi connectivity index (χ3v) is 5.67. The molecule has 2 atom stereocenters. The summed E-state index contributed by atoms with van der Waals surface area (Å²) in [6.45, 7) is 2.98. The number of likely N-dealkylation sites (tertiary alicyclic amines) is 1. The summed E-state index contributed by atoms with van der Waals surface area (Å²) in [5, 5.41) is 0.358. The molecule has 2 unspecified atom stereocenters. The molecular formula is C13H20ClN3O2S. The van der Waals surface area contributed by atoms with Gasteiger partial charge in [-0.05, 0) is 51.6 Å². The Labute approximate surface area is 125 Å². The molecule has 1 aliphatic rings. The van der Waals surface area contributed by atoms with Gasteiger partial charge in [-0.3, -0.25) is 0 Å². The lowest BCUT2D eigenvalue weighted by atomic mass is 10.0. The second-order valence-electron chi connectivity index (χ2n) is 5.36. The van der Waals surface area contributed by atoms with Gasteiger partial charge in [-0.1, -0.05) is 11.6 Å². The average molecular weight is 318 g/mol. The molecule has 0 saturated carbocycles. The van der Waals surface area contributed by atoms with Crippen LogP contribution in [0, 0.1) is 0 Å². The zero-order valence-corrected chi connectivity index (χ0v) is 13.2. The van der Waals surface area contributed by atoms with E-state index in [0.29, 0.717) is 11.1 Å². The van der Waals surface area contributed by atoms with E-state index in [1.807, 2.05) is 0 Å². The number of hydrogen-bond acceptors (Lipinski definition) is 4. The molecule has 0 aliphatic carbocycles. The van der Waals surface area contributed by atoms with Gasteiger partial charge in [-0.15, -0.1) is 0 Å². The fourth-order valence-corrected chi connectivity index (χ4v) is 3.81. The first kappa shape index (κ1) is 15.6. The van der Waals surface area contributed by atoms with Crippen LogP contribution in [-0.4, -0.2) is 39.0 Å². The molecule has 0 radical (unpaired) electrons. The standard InChI is InChI=1S/C13H20ClN3O2S/c1-9-7-10(5-6-17(9)2)16-20(18,19)11-3-4-12(14)13(15)8-11/h3-4,8-10,16H,5-7,15H2,1-2H3. The van der Waals surface area contributed by atoms with Crippen LogP contribution in [-0.2, 0) is 10.0 Å². The van der Waals surface area contributed by atoms with Crippen molar-refractivity contribution in [2.75, 3.05) is 19.3 Å². The lowest BCUT2D eigenvalue weighted by Gasteiger charge is -2.35. The van der Waals surface area contributed by atoms with E-state index in [2.05, 4.69) is 23.6 Å². The predicted octanol–water partition coefficient (Wildman–Crippen LogP) is 1.68. The van der Waals surface area contributed by atoms with Gasteiger partial charge in [0.25, 0.3) is 0 Å². The SMILES string of the molecule is CC1CC(NS(=O)(=O)c2ccc(Cl)c(N)c2)CCN1C. The predicted molar refractivity (Wildman–Crippen MR) is 81.3 cm³/mol. The molecule has 3 N–H and O–H groups in total. The van der Waals surface area contributed by atoms with E-state index in [1.54, 1.807) is 0 Å². The Morgan fingerprint density at radius 3 is 2.75 bits per heavy atom. The quantitative estimate of drug-likeness (QED) is 0.832. The van der Waals surface area contributed by atoms with Crippen LogP contribution in [0.5, 0.6) is 0 Å². The summed E-state index contributed by atoms with van der Waals surface area (Å²) in [5.74, 6) is 0. The van der Waals surface area contributed by atoms with Crippen molar-refractivity contribution in [3.8, 4) is 0 Å². The molecule has 1 aromatic rings. The number of nitrogen functional groups attached to an aromatic ring is 1. The Kier molecular flexibility index (Phi) is 4.59. The second-order valence-corrected chi connectivity index (χ2v) is 7.48. The average Bonchev–Trinajstić information content (AvgIpc) is 2.37. The van der Waals surface area contributed by atoms with Gasteiger partial charge in [0.1, 0.15) is 0 Å². The lowest BCUT2D eigenvalue weighted by molar-refractivity contribution is 0.178. The highest BCUT2D eigenvalue weighted by Crippen LogP contribution is 2.23. The van der Waals surface area contributed by atoms with Crippen molar-refractivity contribution < 1.29 is 8.42 Å². The minimum Gasteiger partial charge on any atom is -0.397 e. The normalized spacial score (nSPS) is 24.8. The number of nitrogens with one attached hydrogen (secondary N) is 1. The highest BCUT2D eigenvalue weighted by atomic mass is 35.5. The van der Waals surface area contributed by atoms with Gasteiger partial charge in [0.05, 0.1) is 15.6 Å². The van der Waals surface area contributed by atoms with Crippen LogP contribution < -0.4 is 10.5 Å². The number of hydrogen-bond donors (Lipinski definition) is 2. The number of rotatable bonds is 3. The summed E-state index contributed by atoms with van der Waals surface area (Å²) >= 11 is 5.81. The Hall–Kier alpha value is -0.820. The Morgan fingerprint density at radius 2 is 2.15 bits per heavy atom. The fourth-order valence-electron chi connectivity index (χ4n) is 2.37. The van der Waals surface area contributed by atoms with Crippen LogP contribution in [0.3, 0.4) is 0 Å². The van der Waals surface area contributed by atoms with Crippen molar-refractivity contribution in [3.05, 3.63) is 23.2 Å². The molecule has 112 valence electrons. The van der Waals surface area contributed by atoms with Gasteiger partial charge in [0, 0.05) is 12.1 Å². The summed E-state index contributed by atoms with van der Waals surface area (Å²) in [6.07, 6.45) is 1.61. The van der Waals surface area contributed by atoms with Gasteiger partial charge in [-0.25, -0.2) is 13.1 Å². The summed E-state index contributed by atoms with van der Waals surface area (Å²) in [5.41, 5.74) is 5.93. The van der Waals surface area contributed by atoms with Crippen LogP contribution in [0.1, 0.15) is 19.8 Å². The Morgan fingerprint density at radius 1 is 1.45 bits per heavy atom. The molecule has 0 aromatic heterocycles. The monoisotopic (exact) mass is 317 g/mol. The molecule has 0 bridgehead atoms. The zero-order chi connectivity index (χ0) is 14.9. The third-order valence-electron chi connectivity index (χ3n) is 3.81. The minimum atomic E-state index is -3.55. The summed E-state index contributed by atoms with van der Waals surface area (Å²) < 4.78 is 27.4. The molecule has 1 saturated heterocycles. The van der Waals surface area contributed by atoms with Crippen molar-refractivity contribution >= 4 is 27.3 Å². The van der Waals surface area contributed by atoms with E-state index in [4.69, 9.17) is 17.3 Å².